The number of ether oxygens (including phenoxy) is 1. The number of methoxy groups -OCH3 is 1. The molecule has 1 amide bonds. The molecule has 0 radical (unpaired) electrons. The zero-order chi connectivity index (χ0) is 26.1. The van der Waals surface area contributed by atoms with Crippen molar-refractivity contribution in [3.63, 3.8) is 0 Å². The van der Waals surface area contributed by atoms with E-state index in [4.69, 9.17) is 4.74 Å². The second-order valence-electron chi connectivity index (χ2n) is 7.30. The molecule has 186 valence electrons. The summed E-state index contributed by atoms with van der Waals surface area (Å²) in [7, 11) is 1.03. The average molecular weight is 507 g/mol. The fraction of sp³-hybridized carbons (Fsp3) is 0.130. The fourth-order valence-electron chi connectivity index (χ4n) is 3.53. The summed E-state index contributed by atoms with van der Waals surface area (Å²) in [5.41, 5.74) is -3.50. The first-order valence-electron chi connectivity index (χ1n) is 10.1. The van der Waals surface area contributed by atoms with Gasteiger partial charge in [0.05, 0.1) is 37.0 Å². The van der Waals surface area contributed by atoms with E-state index < -0.39 is 52.2 Å². The molecule has 0 aliphatic heterocycles. The van der Waals surface area contributed by atoms with Crippen molar-refractivity contribution in [2.75, 3.05) is 12.4 Å². The first kappa shape index (κ1) is 24.7. The number of rotatable bonds is 5. The molecule has 36 heavy (non-hydrogen) atoms. The number of carbonyl (C=O) groups is 1. The lowest BCUT2D eigenvalue weighted by Gasteiger charge is -2.20. The van der Waals surface area contributed by atoms with Gasteiger partial charge in [-0.3, -0.25) is 4.79 Å². The average Bonchev–Trinajstić information content (AvgIpc) is 3.37. The van der Waals surface area contributed by atoms with Crippen molar-refractivity contribution >= 4 is 11.6 Å². The van der Waals surface area contributed by atoms with Gasteiger partial charge >= 0.3 is 12.4 Å². The summed E-state index contributed by atoms with van der Waals surface area (Å²) >= 11 is 0. The summed E-state index contributed by atoms with van der Waals surface area (Å²) in [6.45, 7) is 0. The number of aromatic nitrogens is 4. The van der Waals surface area contributed by atoms with Gasteiger partial charge in [0, 0.05) is 5.56 Å². The van der Waals surface area contributed by atoms with E-state index in [1.165, 1.54) is 6.07 Å². The Morgan fingerprint density at radius 2 is 1.61 bits per heavy atom. The van der Waals surface area contributed by atoms with Gasteiger partial charge in [-0.25, -0.2) is 4.98 Å². The van der Waals surface area contributed by atoms with E-state index in [1.807, 2.05) is 0 Å². The van der Waals surface area contributed by atoms with Crippen LogP contribution in [0.25, 0.3) is 16.9 Å². The molecular weight excluding hydrogens is 492 g/mol. The molecule has 1 N–H and O–H groups in total. The molecule has 2 aromatic carbocycles. The standard InChI is InChI=1S/C23H15F6N5O2/c1-36-19-15(13-5-3-2-4-6-13)7-8-16(18(19)23(27,28)29)21(35)33-14-11-17(22(24,25)26)20(30-12-14)34-31-9-10-32-34/h2-12H,1H3,(H,33,35). The molecule has 0 bridgehead atoms. The van der Waals surface area contributed by atoms with Crippen molar-refractivity contribution in [2.24, 2.45) is 0 Å². The Labute approximate surface area is 199 Å². The third-order valence-electron chi connectivity index (χ3n) is 5.01. The number of pyridine rings is 1. The van der Waals surface area contributed by atoms with Gasteiger partial charge in [0.2, 0.25) is 0 Å². The highest BCUT2D eigenvalue weighted by Gasteiger charge is 2.41. The maximum absolute atomic E-state index is 14.1. The fourth-order valence-corrected chi connectivity index (χ4v) is 3.53. The molecule has 0 aliphatic carbocycles. The highest BCUT2D eigenvalue weighted by Crippen LogP contribution is 2.44. The second kappa shape index (κ2) is 9.32. The summed E-state index contributed by atoms with van der Waals surface area (Å²) < 4.78 is 88.1. The zero-order valence-corrected chi connectivity index (χ0v) is 18.2. The quantitative estimate of drug-likeness (QED) is 0.354. The van der Waals surface area contributed by atoms with Crippen LogP contribution in [-0.4, -0.2) is 33.0 Å². The minimum Gasteiger partial charge on any atom is -0.495 e. The molecule has 2 aromatic heterocycles. The number of nitrogens with zero attached hydrogens (tertiary/aromatic N) is 4. The second-order valence-corrected chi connectivity index (χ2v) is 7.30. The SMILES string of the molecule is COc1c(-c2ccccc2)ccc(C(=O)Nc2cnc(-n3nccn3)c(C(F)(F)F)c2)c1C(F)(F)F. The Hall–Kier alpha value is -4.42. The van der Waals surface area contributed by atoms with E-state index >= 15 is 0 Å². The molecule has 13 heteroatoms. The van der Waals surface area contributed by atoms with Crippen LogP contribution >= 0.6 is 0 Å². The number of benzene rings is 2. The smallest absolute Gasteiger partial charge is 0.420 e. The summed E-state index contributed by atoms with van der Waals surface area (Å²) in [6.07, 6.45) is -6.80. The summed E-state index contributed by atoms with van der Waals surface area (Å²) in [4.78, 5) is 17.1. The van der Waals surface area contributed by atoms with Gasteiger partial charge in [-0.1, -0.05) is 30.3 Å². The molecule has 7 nitrogen and oxygen atoms in total. The van der Waals surface area contributed by atoms with Crippen LogP contribution in [0.1, 0.15) is 21.5 Å². The highest BCUT2D eigenvalue weighted by atomic mass is 19.4. The van der Waals surface area contributed by atoms with Gasteiger partial charge in [-0.15, -0.1) is 4.80 Å². The molecule has 4 rings (SSSR count). The van der Waals surface area contributed by atoms with Crippen LogP contribution in [0.5, 0.6) is 5.75 Å². The first-order chi connectivity index (χ1) is 17.0. The molecule has 2 heterocycles. The van der Waals surface area contributed by atoms with Gasteiger partial charge in [-0.05, 0) is 23.8 Å². The molecule has 0 unspecified atom stereocenters. The number of alkyl halides is 6. The molecular formula is C23H15F6N5O2. The minimum absolute atomic E-state index is 0.0825. The summed E-state index contributed by atoms with van der Waals surface area (Å²) in [5, 5.41) is 9.27. The van der Waals surface area contributed by atoms with Crippen molar-refractivity contribution in [3.05, 3.63) is 83.8 Å². The number of amides is 1. The van der Waals surface area contributed by atoms with Gasteiger partial charge < -0.3 is 10.1 Å². The highest BCUT2D eigenvalue weighted by molar-refractivity contribution is 6.06. The monoisotopic (exact) mass is 507 g/mol. The van der Waals surface area contributed by atoms with E-state index in [0.717, 1.165) is 31.8 Å². The minimum atomic E-state index is -5.02. The lowest BCUT2D eigenvalue weighted by molar-refractivity contribution is -0.139. The van der Waals surface area contributed by atoms with Crippen molar-refractivity contribution in [1.29, 1.82) is 0 Å². The number of carbonyl (C=O) groups excluding carboxylic acids is 1. The third kappa shape index (κ3) is 4.85. The molecule has 0 atom stereocenters. The molecule has 0 aliphatic rings. The van der Waals surface area contributed by atoms with E-state index in [2.05, 4.69) is 20.5 Å². The van der Waals surface area contributed by atoms with E-state index in [-0.39, 0.29) is 5.56 Å². The van der Waals surface area contributed by atoms with E-state index in [1.54, 1.807) is 30.3 Å². The van der Waals surface area contributed by atoms with Crippen LogP contribution in [0.15, 0.2) is 67.1 Å². The topological polar surface area (TPSA) is 81.9 Å². The predicted molar refractivity (Wildman–Crippen MR) is 116 cm³/mol. The molecule has 0 saturated heterocycles. The first-order valence-corrected chi connectivity index (χ1v) is 10.1. The zero-order valence-electron chi connectivity index (χ0n) is 18.2. The van der Waals surface area contributed by atoms with E-state index in [0.29, 0.717) is 16.4 Å². The summed E-state index contributed by atoms with van der Waals surface area (Å²) in [6, 6.07) is 10.8. The van der Waals surface area contributed by atoms with Gasteiger partial charge in [0.15, 0.2) is 5.82 Å². The Bertz CT molecular complexity index is 1390. The van der Waals surface area contributed by atoms with Gasteiger partial charge in [0.25, 0.3) is 5.91 Å². The normalized spacial score (nSPS) is 11.9. The number of halogens is 6. The lowest BCUT2D eigenvalue weighted by atomic mass is 9.96. The van der Waals surface area contributed by atoms with E-state index in [9.17, 15) is 31.1 Å². The predicted octanol–water partition coefficient (Wildman–Crippen LogP) is 5.63. The third-order valence-corrected chi connectivity index (χ3v) is 5.01. The van der Waals surface area contributed by atoms with Crippen LogP contribution in [0.2, 0.25) is 0 Å². The number of anilines is 1. The number of hydrogen-bond acceptors (Lipinski definition) is 5. The Morgan fingerprint density at radius 1 is 0.944 bits per heavy atom. The van der Waals surface area contributed by atoms with Crippen LogP contribution in [0.4, 0.5) is 32.0 Å². The van der Waals surface area contributed by atoms with Crippen molar-refractivity contribution < 1.29 is 35.9 Å². The van der Waals surface area contributed by atoms with Crippen molar-refractivity contribution in [1.82, 2.24) is 20.0 Å². The molecule has 4 aromatic rings. The van der Waals surface area contributed by atoms with Gasteiger partial charge in [0.1, 0.15) is 16.9 Å². The lowest BCUT2D eigenvalue weighted by Crippen LogP contribution is -2.21. The molecule has 0 fully saturated rings. The van der Waals surface area contributed by atoms with Crippen LogP contribution < -0.4 is 10.1 Å². The van der Waals surface area contributed by atoms with Crippen LogP contribution in [0, 0.1) is 0 Å². The van der Waals surface area contributed by atoms with Gasteiger partial charge in [-0.2, -0.15) is 36.5 Å². The number of nitrogens with one attached hydrogen (secondary N) is 1. The Kier molecular flexibility index (Phi) is 6.39. The largest absolute Gasteiger partial charge is 0.495 e. The Morgan fingerprint density at radius 3 is 2.19 bits per heavy atom. The maximum Gasteiger partial charge on any atom is 0.420 e. The summed E-state index contributed by atoms with van der Waals surface area (Å²) in [5.74, 6) is -2.58. The maximum atomic E-state index is 14.1. The van der Waals surface area contributed by atoms with Crippen LogP contribution in [-0.2, 0) is 12.4 Å². The molecule has 0 saturated carbocycles. The van der Waals surface area contributed by atoms with Crippen molar-refractivity contribution in [2.45, 2.75) is 12.4 Å². The van der Waals surface area contributed by atoms with Crippen molar-refractivity contribution in [3.8, 4) is 22.7 Å². The Balaban J connectivity index is 1.77. The molecule has 0 spiro atoms. The van der Waals surface area contributed by atoms with Crippen LogP contribution in [0.3, 0.4) is 0 Å². The number of hydrogen-bond donors (Lipinski definition) is 1.